The summed E-state index contributed by atoms with van der Waals surface area (Å²) in [4.78, 5) is 31.5. The second-order valence-electron chi connectivity index (χ2n) is 8.27. The summed E-state index contributed by atoms with van der Waals surface area (Å²) in [5.74, 6) is 0.642. The van der Waals surface area contributed by atoms with Crippen molar-refractivity contribution >= 4 is 11.9 Å². The zero-order valence-corrected chi connectivity index (χ0v) is 17.0. The molecule has 148 valence electrons. The molecule has 0 saturated carbocycles. The molecule has 1 aromatic heterocycles. The van der Waals surface area contributed by atoms with Crippen LogP contribution in [0.25, 0.3) is 0 Å². The summed E-state index contributed by atoms with van der Waals surface area (Å²) in [6.45, 7) is 4.18. The lowest BCUT2D eigenvalue weighted by Gasteiger charge is -2.32. The Labute approximate surface area is 166 Å². The molecule has 0 bridgehead atoms. The fourth-order valence-electron chi connectivity index (χ4n) is 4.83. The first kappa shape index (κ1) is 18.6. The Hall–Kier alpha value is -2.76. The van der Waals surface area contributed by atoms with Crippen LogP contribution in [0.3, 0.4) is 0 Å². The molecule has 3 heterocycles. The van der Waals surface area contributed by atoms with Crippen molar-refractivity contribution in [1.29, 1.82) is 0 Å². The van der Waals surface area contributed by atoms with Gasteiger partial charge in [-0.3, -0.25) is 4.79 Å². The van der Waals surface area contributed by atoms with Gasteiger partial charge in [0.1, 0.15) is 5.69 Å². The SMILES string of the molecule is Cc1ccccc1[C@H]1[C@@H]2CN(C(=O)c3cccn3C)C[C@@H]2CN1C(=O)N(C)C. The summed E-state index contributed by atoms with van der Waals surface area (Å²) < 4.78 is 1.87. The summed E-state index contributed by atoms with van der Waals surface area (Å²) in [6, 6.07) is 12.1. The number of rotatable bonds is 2. The number of fused-ring (bicyclic) bond motifs is 1. The van der Waals surface area contributed by atoms with Crippen LogP contribution < -0.4 is 0 Å². The fourth-order valence-corrected chi connectivity index (χ4v) is 4.83. The van der Waals surface area contributed by atoms with Crippen LogP contribution >= 0.6 is 0 Å². The molecule has 4 rings (SSSR count). The number of nitrogens with zero attached hydrogens (tertiary/aromatic N) is 4. The number of aromatic nitrogens is 1. The summed E-state index contributed by atoms with van der Waals surface area (Å²) in [7, 11) is 5.50. The average Bonchev–Trinajstić information content (AvgIpc) is 3.35. The van der Waals surface area contributed by atoms with E-state index in [9.17, 15) is 9.59 Å². The maximum atomic E-state index is 13.0. The topological polar surface area (TPSA) is 48.8 Å². The van der Waals surface area contributed by atoms with E-state index in [-0.39, 0.29) is 23.9 Å². The lowest BCUT2D eigenvalue weighted by atomic mass is 9.88. The number of carbonyl (C=O) groups excluding carboxylic acids is 2. The van der Waals surface area contributed by atoms with E-state index in [1.807, 2.05) is 51.9 Å². The predicted octanol–water partition coefficient (Wildman–Crippen LogP) is 2.76. The van der Waals surface area contributed by atoms with Crippen molar-refractivity contribution < 1.29 is 9.59 Å². The minimum atomic E-state index is 0.00677. The van der Waals surface area contributed by atoms with Gasteiger partial charge in [0.2, 0.25) is 0 Å². The first-order valence-electron chi connectivity index (χ1n) is 9.82. The van der Waals surface area contributed by atoms with Crippen molar-refractivity contribution in [3.8, 4) is 0 Å². The van der Waals surface area contributed by atoms with Crippen molar-refractivity contribution in [2.45, 2.75) is 13.0 Å². The van der Waals surface area contributed by atoms with Gasteiger partial charge in [0.15, 0.2) is 0 Å². The van der Waals surface area contributed by atoms with Crippen LogP contribution in [0.1, 0.15) is 27.7 Å². The monoisotopic (exact) mass is 380 g/mol. The minimum absolute atomic E-state index is 0.00677. The third-order valence-corrected chi connectivity index (χ3v) is 6.25. The van der Waals surface area contributed by atoms with Crippen LogP contribution in [-0.2, 0) is 7.05 Å². The summed E-state index contributed by atoms with van der Waals surface area (Å²) >= 11 is 0. The molecule has 0 aliphatic carbocycles. The lowest BCUT2D eigenvalue weighted by Crippen LogP contribution is -2.42. The zero-order chi connectivity index (χ0) is 20.0. The highest BCUT2D eigenvalue weighted by Crippen LogP contribution is 2.46. The molecular formula is C22H28N4O2. The van der Waals surface area contributed by atoms with Crippen molar-refractivity contribution in [3.05, 3.63) is 59.4 Å². The Morgan fingerprint density at radius 1 is 1.04 bits per heavy atom. The van der Waals surface area contributed by atoms with Gasteiger partial charge in [-0.15, -0.1) is 0 Å². The van der Waals surface area contributed by atoms with Gasteiger partial charge >= 0.3 is 6.03 Å². The van der Waals surface area contributed by atoms with E-state index in [0.717, 1.165) is 0 Å². The molecule has 1 aromatic carbocycles. The van der Waals surface area contributed by atoms with Crippen LogP contribution in [-0.4, -0.2) is 64.9 Å². The van der Waals surface area contributed by atoms with E-state index in [1.165, 1.54) is 11.1 Å². The van der Waals surface area contributed by atoms with Gasteiger partial charge in [-0.05, 0) is 30.2 Å². The second-order valence-corrected chi connectivity index (χ2v) is 8.27. The Morgan fingerprint density at radius 3 is 2.43 bits per heavy atom. The molecule has 3 amide bonds. The Kier molecular flexibility index (Phi) is 4.65. The van der Waals surface area contributed by atoms with Gasteiger partial charge in [-0.1, -0.05) is 24.3 Å². The molecule has 28 heavy (non-hydrogen) atoms. The van der Waals surface area contributed by atoms with Crippen LogP contribution in [0.4, 0.5) is 4.79 Å². The van der Waals surface area contributed by atoms with Crippen LogP contribution in [0.5, 0.6) is 0 Å². The highest BCUT2D eigenvalue weighted by atomic mass is 16.2. The van der Waals surface area contributed by atoms with Gasteiger partial charge in [0.05, 0.1) is 6.04 Å². The predicted molar refractivity (Wildman–Crippen MR) is 108 cm³/mol. The van der Waals surface area contributed by atoms with Gasteiger partial charge in [0.25, 0.3) is 5.91 Å². The van der Waals surface area contributed by atoms with Crippen molar-refractivity contribution in [2.75, 3.05) is 33.7 Å². The number of likely N-dealkylation sites (tertiary alicyclic amines) is 2. The molecule has 6 nitrogen and oxygen atoms in total. The van der Waals surface area contributed by atoms with Crippen molar-refractivity contribution in [3.63, 3.8) is 0 Å². The van der Waals surface area contributed by atoms with E-state index in [1.54, 1.807) is 19.0 Å². The summed E-state index contributed by atoms with van der Waals surface area (Å²) in [6.07, 6.45) is 1.90. The average molecular weight is 380 g/mol. The first-order chi connectivity index (χ1) is 13.4. The highest BCUT2D eigenvalue weighted by molar-refractivity contribution is 5.93. The van der Waals surface area contributed by atoms with Crippen molar-refractivity contribution in [1.82, 2.24) is 19.3 Å². The molecule has 0 spiro atoms. The van der Waals surface area contributed by atoms with Gasteiger partial charge < -0.3 is 19.3 Å². The quantitative estimate of drug-likeness (QED) is 0.804. The van der Waals surface area contributed by atoms with Crippen molar-refractivity contribution in [2.24, 2.45) is 18.9 Å². The molecule has 0 N–H and O–H groups in total. The van der Waals surface area contributed by atoms with E-state index in [4.69, 9.17) is 0 Å². The maximum Gasteiger partial charge on any atom is 0.320 e. The molecule has 0 radical (unpaired) electrons. The molecule has 2 saturated heterocycles. The molecule has 2 aromatic rings. The normalized spacial score (nSPS) is 23.8. The molecule has 2 aliphatic rings. The molecule has 2 aliphatic heterocycles. The first-order valence-corrected chi connectivity index (χ1v) is 9.82. The molecule has 6 heteroatoms. The number of amides is 3. The Morgan fingerprint density at radius 2 is 1.79 bits per heavy atom. The smallest absolute Gasteiger partial charge is 0.320 e. The standard InChI is InChI=1S/C22H28N4O2/c1-15-8-5-6-9-17(15)20-18-14-25(21(27)19-10-7-11-24(19)4)12-16(18)13-26(20)22(28)23(2)3/h5-11,16,18,20H,12-14H2,1-4H3/t16-,18-,20+/m1/s1. The maximum absolute atomic E-state index is 13.0. The van der Waals surface area contributed by atoms with E-state index in [2.05, 4.69) is 19.1 Å². The number of hydrogen-bond acceptors (Lipinski definition) is 2. The molecule has 2 fully saturated rings. The lowest BCUT2D eigenvalue weighted by molar-refractivity contribution is 0.0757. The minimum Gasteiger partial charge on any atom is -0.347 e. The van der Waals surface area contributed by atoms with Crippen LogP contribution in [0.2, 0.25) is 0 Å². The summed E-state index contributed by atoms with van der Waals surface area (Å²) in [5.41, 5.74) is 3.10. The van der Waals surface area contributed by atoms with Crippen LogP contribution in [0.15, 0.2) is 42.6 Å². The van der Waals surface area contributed by atoms with Crippen LogP contribution in [0, 0.1) is 18.8 Å². The third-order valence-electron chi connectivity index (χ3n) is 6.25. The zero-order valence-electron chi connectivity index (χ0n) is 17.0. The molecule has 0 unspecified atom stereocenters. The van der Waals surface area contributed by atoms with E-state index < -0.39 is 0 Å². The number of urea groups is 1. The largest absolute Gasteiger partial charge is 0.347 e. The Bertz CT molecular complexity index is 903. The number of carbonyl (C=O) groups is 2. The second kappa shape index (κ2) is 7.00. The van der Waals surface area contributed by atoms with E-state index in [0.29, 0.717) is 31.2 Å². The highest BCUT2D eigenvalue weighted by Gasteiger charge is 2.50. The number of benzene rings is 1. The van der Waals surface area contributed by atoms with Gasteiger partial charge in [-0.25, -0.2) is 4.79 Å². The number of aryl methyl sites for hydroxylation is 2. The van der Waals surface area contributed by atoms with Gasteiger partial charge in [-0.2, -0.15) is 0 Å². The van der Waals surface area contributed by atoms with E-state index >= 15 is 0 Å². The summed E-state index contributed by atoms with van der Waals surface area (Å²) in [5, 5.41) is 0. The molecule has 3 atom stereocenters. The third kappa shape index (κ3) is 2.97. The molecular weight excluding hydrogens is 352 g/mol. The fraction of sp³-hybridized carbons (Fsp3) is 0.455. The van der Waals surface area contributed by atoms with Gasteiger partial charge in [0, 0.05) is 58.8 Å². The Balaban J connectivity index is 1.64. The number of hydrogen-bond donors (Lipinski definition) is 0.